The van der Waals surface area contributed by atoms with Crippen molar-refractivity contribution in [3.05, 3.63) is 35.4 Å². The van der Waals surface area contributed by atoms with Crippen LogP contribution in [0.5, 0.6) is 0 Å². The molecule has 0 spiro atoms. The highest BCUT2D eigenvalue weighted by molar-refractivity contribution is 5.37. The van der Waals surface area contributed by atoms with Crippen LogP contribution in [-0.2, 0) is 12.8 Å². The van der Waals surface area contributed by atoms with Gasteiger partial charge in [-0.2, -0.15) is 0 Å². The minimum Gasteiger partial charge on any atom is -0.469 e. The van der Waals surface area contributed by atoms with Crippen molar-refractivity contribution in [1.29, 1.82) is 0 Å². The van der Waals surface area contributed by atoms with Gasteiger partial charge in [0.05, 0.1) is 12.0 Å². The predicted molar refractivity (Wildman–Crippen MR) is 51.8 cm³/mol. The van der Waals surface area contributed by atoms with Crippen LogP contribution in [0.25, 0.3) is 0 Å². The zero-order chi connectivity index (χ0) is 9.97. The number of hydrogen-bond donors (Lipinski definition) is 1. The fourth-order valence-electron chi connectivity index (χ4n) is 1.31. The maximum atomic E-state index is 5.54. The van der Waals surface area contributed by atoms with Crippen molar-refractivity contribution in [2.45, 2.75) is 19.8 Å². The highest BCUT2D eigenvalue weighted by Crippen LogP contribution is 2.16. The van der Waals surface area contributed by atoms with Crippen molar-refractivity contribution in [2.75, 3.05) is 5.73 Å². The Bertz CT molecular complexity index is 404. The lowest BCUT2D eigenvalue weighted by molar-refractivity contribution is 0.425. The number of nitrogen functional groups attached to an aromatic ring is 1. The third-order valence-corrected chi connectivity index (χ3v) is 2.24. The third kappa shape index (κ3) is 1.64. The van der Waals surface area contributed by atoms with Gasteiger partial charge >= 0.3 is 0 Å². The van der Waals surface area contributed by atoms with Gasteiger partial charge in [-0.25, -0.2) is 0 Å². The first-order chi connectivity index (χ1) is 6.77. The van der Waals surface area contributed by atoms with E-state index < -0.39 is 0 Å². The Labute approximate surface area is 81.7 Å². The average molecular weight is 192 g/mol. The molecule has 14 heavy (non-hydrogen) atoms. The topological polar surface area (TPSA) is 65.2 Å². The van der Waals surface area contributed by atoms with E-state index in [9.17, 15) is 0 Å². The summed E-state index contributed by atoms with van der Waals surface area (Å²) in [5.41, 5.74) is 7.37. The molecule has 2 heterocycles. The Morgan fingerprint density at radius 2 is 2.29 bits per heavy atom. The molecule has 4 heteroatoms. The fourth-order valence-corrected chi connectivity index (χ4v) is 1.31. The van der Waals surface area contributed by atoms with Gasteiger partial charge in [0.1, 0.15) is 5.76 Å². The van der Waals surface area contributed by atoms with Gasteiger partial charge in [0.15, 0.2) is 0 Å². The Morgan fingerprint density at radius 3 is 2.86 bits per heavy atom. The van der Waals surface area contributed by atoms with Crippen LogP contribution in [0.2, 0.25) is 0 Å². The lowest BCUT2D eigenvalue weighted by Gasteiger charge is -1.94. The van der Waals surface area contributed by atoms with Crippen molar-refractivity contribution >= 4 is 5.88 Å². The molecule has 0 amide bonds. The maximum absolute atomic E-state index is 5.54. The summed E-state index contributed by atoms with van der Waals surface area (Å²) in [5, 5.41) is 3.87. The minimum atomic E-state index is 0.402. The lowest BCUT2D eigenvalue weighted by Crippen LogP contribution is -1.93. The molecule has 2 N–H and O–H groups in total. The number of hydrogen-bond acceptors (Lipinski definition) is 4. The molecule has 0 aliphatic carbocycles. The number of nitrogens with two attached hydrogens (primary N) is 1. The van der Waals surface area contributed by atoms with Gasteiger partial charge in [-0.15, -0.1) is 0 Å². The summed E-state index contributed by atoms with van der Waals surface area (Å²) in [6, 6.07) is 3.82. The highest BCUT2D eigenvalue weighted by Gasteiger charge is 2.09. The summed E-state index contributed by atoms with van der Waals surface area (Å²) in [6.45, 7) is 1.91. The molecular formula is C10H12N2O2. The second-order valence-corrected chi connectivity index (χ2v) is 3.20. The van der Waals surface area contributed by atoms with Crippen LogP contribution in [-0.4, -0.2) is 5.16 Å². The molecule has 0 bridgehead atoms. The van der Waals surface area contributed by atoms with Crippen molar-refractivity contribution in [3.63, 3.8) is 0 Å². The second kappa shape index (κ2) is 3.57. The van der Waals surface area contributed by atoms with Crippen molar-refractivity contribution in [2.24, 2.45) is 0 Å². The minimum absolute atomic E-state index is 0.402. The van der Waals surface area contributed by atoms with Crippen molar-refractivity contribution in [3.8, 4) is 0 Å². The molecule has 0 atom stereocenters. The van der Waals surface area contributed by atoms with E-state index in [1.54, 1.807) is 6.26 Å². The van der Waals surface area contributed by atoms with Crippen LogP contribution >= 0.6 is 0 Å². The average Bonchev–Trinajstić information content (AvgIpc) is 2.77. The number of rotatable bonds is 3. The number of aryl methyl sites for hydroxylation is 2. The summed E-state index contributed by atoms with van der Waals surface area (Å²) in [5.74, 6) is 1.35. The number of nitrogens with zero attached hydrogens (tertiary/aromatic N) is 1. The van der Waals surface area contributed by atoms with Gasteiger partial charge in [0.25, 0.3) is 0 Å². The molecule has 2 aromatic heterocycles. The van der Waals surface area contributed by atoms with E-state index in [1.807, 2.05) is 19.1 Å². The molecule has 0 aromatic carbocycles. The largest absolute Gasteiger partial charge is 0.469 e. The van der Waals surface area contributed by atoms with Gasteiger partial charge in [-0.05, 0) is 19.1 Å². The number of aromatic nitrogens is 1. The zero-order valence-electron chi connectivity index (χ0n) is 7.99. The first kappa shape index (κ1) is 8.87. The monoisotopic (exact) mass is 192 g/mol. The van der Waals surface area contributed by atoms with E-state index in [0.717, 1.165) is 29.9 Å². The summed E-state index contributed by atoms with van der Waals surface area (Å²) >= 11 is 0. The molecule has 4 nitrogen and oxygen atoms in total. The first-order valence-electron chi connectivity index (χ1n) is 4.50. The lowest BCUT2D eigenvalue weighted by atomic mass is 10.1. The Morgan fingerprint density at radius 1 is 1.43 bits per heavy atom. The highest BCUT2D eigenvalue weighted by atomic mass is 16.5. The van der Waals surface area contributed by atoms with E-state index in [4.69, 9.17) is 14.7 Å². The quantitative estimate of drug-likeness (QED) is 0.807. The van der Waals surface area contributed by atoms with E-state index in [-0.39, 0.29) is 0 Å². The van der Waals surface area contributed by atoms with Crippen LogP contribution in [0.4, 0.5) is 5.88 Å². The molecule has 0 radical (unpaired) electrons. The van der Waals surface area contributed by atoms with E-state index >= 15 is 0 Å². The van der Waals surface area contributed by atoms with E-state index in [1.165, 1.54) is 0 Å². The fraction of sp³-hybridized carbons (Fsp3) is 0.300. The number of anilines is 1. The van der Waals surface area contributed by atoms with E-state index in [0.29, 0.717) is 5.88 Å². The molecule has 0 unspecified atom stereocenters. The first-order valence-corrected chi connectivity index (χ1v) is 4.50. The maximum Gasteiger partial charge on any atom is 0.225 e. The van der Waals surface area contributed by atoms with Gasteiger partial charge in [0.2, 0.25) is 5.88 Å². The van der Waals surface area contributed by atoms with Crippen LogP contribution in [0.15, 0.2) is 27.3 Å². The van der Waals surface area contributed by atoms with Gasteiger partial charge in [0, 0.05) is 18.4 Å². The van der Waals surface area contributed by atoms with Crippen LogP contribution < -0.4 is 5.73 Å². The third-order valence-electron chi connectivity index (χ3n) is 2.24. The van der Waals surface area contributed by atoms with Crippen molar-refractivity contribution in [1.82, 2.24) is 5.16 Å². The van der Waals surface area contributed by atoms with Crippen LogP contribution in [0, 0.1) is 6.92 Å². The smallest absolute Gasteiger partial charge is 0.225 e. The van der Waals surface area contributed by atoms with E-state index in [2.05, 4.69) is 5.16 Å². The van der Waals surface area contributed by atoms with Gasteiger partial charge in [-0.1, -0.05) is 5.16 Å². The van der Waals surface area contributed by atoms with Gasteiger partial charge in [-0.3, -0.25) is 0 Å². The zero-order valence-corrected chi connectivity index (χ0v) is 7.99. The standard InChI is InChI=1S/C10H12N2O2/c1-7-9(12-14-10(7)11)5-4-8-3-2-6-13-8/h2-3,6H,4-5,11H2,1H3. The molecule has 2 aromatic rings. The summed E-state index contributed by atoms with van der Waals surface area (Å²) < 4.78 is 10.1. The summed E-state index contributed by atoms with van der Waals surface area (Å²) in [6.07, 6.45) is 3.28. The summed E-state index contributed by atoms with van der Waals surface area (Å²) in [7, 11) is 0. The molecule has 0 aliphatic heterocycles. The number of furan rings is 1. The Kier molecular flexibility index (Phi) is 2.26. The molecule has 2 rings (SSSR count). The van der Waals surface area contributed by atoms with Crippen LogP contribution in [0.3, 0.4) is 0 Å². The van der Waals surface area contributed by atoms with Crippen molar-refractivity contribution < 1.29 is 8.94 Å². The summed E-state index contributed by atoms with van der Waals surface area (Å²) in [4.78, 5) is 0. The molecule has 0 aliphatic rings. The molecule has 74 valence electrons. The Balaban J connectivity index is 2.02. The Hall–Kier alpha value is -1.71. The predicted octanol–water partition coefficient (Wildman–Crippen LogP) is 1.94. The molecular weight excluding hydrogens is 180 g/mol. The molecule has 0 saturated carbocycles. The molecule has 0 saturated heterocycles. The van der Waals surface area contributed by atoms with Gasteiger partial charge < -0.3 is 14.7 Å². The molecule has 0 fully saturated rings. The van der Waals surface area contributed by atoms with Crippen LogP contribution in [0.1, 0.15) is 17.0 Å². The normalized spacial score (nSPS) is 10.6. The SMILES string of the molecule is Cc1c(CCc2ccco2)noc1N. The second-order valence-electron chi connectivity index (χ2n) is 3.20.